The molecule has 2 bridgehead atoms. The molecular formula is C59H70ClN13O7S. The first-order valence-electron chi connectivity index (χ1n) is 27.4. The Morgan fingerprint density at radius 3 is 2.23 bits per heavy atom. The van der Waals surface area contributed by atoms with Gasteiger partial charge in [-0.15, -0.1) is 26.6 Å². The first kappa shape index (κ1) is 58.0. The van der Waals surface area contributed by atoms with Crippen molar-refractivity contribution in [3.63, 3.8) is 0 Å². The summed E-state index contributed by atoms with van der Waals surface area (Å²) in [6.45, 7) is 17.1. The summed E-state index contributed by atoms with van der Waals surface area (Å²) in [5.74, 6) is -2.83. The third kappa shape index (κ3) is 13.1. The number of hydrogen-bond acceptors (Lipinski definition) is 13. The summed E-state index contributed by atoms with van der Waals surface area (Å²) in [6.07, 6.45) is 1.83. The molecule has 6 heterocycles. The number of aliphatic imine (C=N–C) groups is 1. The lowest BCUT2D eigenvalue weighted by atomic mass is 9.85. The Morgan fingerprint density at radius 1 is 0.840 bits per heavy atom. The lowest BCUT2D eigenvalue weighted by Crippen LogP contribution is -2.61. The smallest absolute Gasteiger partial charge is 0.248 e. The second kappa shape index (κ2) is 24.6. The van der Waals surface area contributed by atoms with Crippen LogP contribution in [0, 0.1) is 38.0 Å². The van der Waals surface area contributed by atoms with E-state index in [1.54, 1.807) is 48.4 Å². The van der Waals surface area contributed by atoms with Gasteiger partial charge in [0.2, 0.25) is 35.4 Å². The minimum atomic E-state index is -1.34. The van der Waals surface area contributed by atoms with Crippen molar-refractivity contribution in [2.45, 2.75) is 124 Å². The molecule has 0 aliphatic carbocycles. The molecule has 22 heteroatoms. The van der Waals surface area contributed by atoms with Crippen LogP contribution in [0.25, 0.3) is 16.1 Å². The summed E-state index contributed by atoms with van der Waals surface area (Å²) >= 11 is 7.91. The van der Waals surface area contributed by atoms with Crippen molar-refractivity contribution in [2.24, 2.45) is 22.2 Å². The number of amides is 6. The zero-order valence-corrected chi connectivity index (χ0v) is 48.7. The molecule has 3 aliphatic rings. The van der Waals surface area contributed by atoms with Crippen molar-refractivity contribution < 1.29 is 33.5 Å². The summed E-state index contributed by atoms with van der Waals surface area (Å²) in [4.78, 5) is 95.4. The molecule has 3 aromatic heterocycles. The number of carbonyl (C=O) groups is 6. The van der Waals surface area contributed by atoms with E-state index in [2.05, 4.69) is 47.1 Å². The van der Waals surface area contributed by atoms with Crippen LogP contribution in [0.2, 0.25) is 5.02 Å². The molecule has 6 amide bonds. The number of nitrogens with zero attached hydrogens (tertiary/aromatic N) is 8. The zero-order chi connectivity index (χ0) is 57.9. The monoisotopic (exact) mass is 1140 g/mol. The first-order chi connectivity index (χ1) is 38.6. The van der Waals surface area contributed by atoms with E-state index in [1.165, 1.54) is 4.68 Å². The molecule has 5 N–H and O–H groups in total. The van der Waals surface area contributed by atoms with Gasteiger partial charge in [-0.3, -0.25) is 38.3 Å². The van der Waals surface area contributed by atoms with Crippen LogP contribution in [0.1, 0.15) is 111 Å². The number of benzene rings is 3. The van der Waals surface area contributed by atoms with E-state index >= 15 is 0 Å². The Kier molecular flexibility index (Phi) is 17.6. The van der Waals surface area contributed by atoms with E-state index in [-0.39, 0.29) is 51.0 Å². The number of aromatic nitrogens is 6. The number of fused-ring (bicyclic) bond motifs is 6. The van der Waals surface area contributed by atoms with E-state index < -0.39 is 77.1 Å². The average Bonchev–Trinajstić information content (AvgIpc) is 4.22. The molecule has 7 atom stereocenters. The molecule has 81 heavy (non-hydrogen) atoms. The van der Waals surface area contributed by atoms with Gasteiger partial charge in [0.1, 0.15) is 52.8 Å². The third-order valence-electron chi connectivity index (χ3n) is 15.0. The van der Waals surface area contributed by atoms with Gasteiger partial charge in [-0.25, -0.2) is 4.68 Å². The van der Waals surface area contributed by atoms with Gasteiger partial charge in [0, 0.05) is 47.1 Å². The topological polar surface area (TPSA) is 249 Å². The molecule has 20 nitrogen and oxygen atoms in total. The van der Waals surface area contributed by atoms with Gasteiger partial charge in [-0.2, -0.15) is 0 Å². The lowest BCUT2D eigenvalue weighted by Gasteiger charge is -2.35. The van der Waals surface area contributed by atoms with Crippen LogP contribution in [0.15, 0.2) is 90.1 Å². The van der Waals surface area contributed by atoms with Gasteiger partial charge < -0.3 is 36.2 Å². The molecule has 1 saturated heterocycles. The van der Waals surface area contributed by atoms with E-state index in [4.69, 9.17) is 21.3 Å². The van der Waals surface area contributed by atoms with E-state index in [9.17, 15) is 28.8 Å². The lowest BCUT2D eigenvalue weighted by molar-refractivity contribution is -0.144. The fourth-order valence-electron chi connectivity index (χ4n) is 10.7. The molecular weight excluding hydrogens is 1070 g/mol. The summed E-state index contributed by atoms with van der Waals surface area (Å²) < 4.78 is 9.36. The van der Waals surface area contributed by atoms with Gasteiger partial charge in [0.25, 0.3) is 0 Å². The third-order valence-corrected chi connectivity index (χ3v) is 16.5. The fourth-order valence-corrected chi connectivity index (χ4v) is 12.0. The summed E-state index contributed by atoms with van der Waals surface area (Å²) in [5, 5.41) is 33.4. The van der Waals surface area contributed by atoms with Gasteiger partial charge >= 0.3 is 0 Å². The second-order valence-electron chi connectivity index (χ2n) is 22.7. The summed E-state index contributed by atoms with van der Waals surface area (Å²) in [7, 11) is 0. The molecule has 0 radical (unpaired) electrons. The van der Waals surface area contributed by atoms with Gasteiger partial charge in [-0.1, -0.05) is 125 Å². The number of halogens is 1. The summed E-state index contributed by atoms with van der Waals surface area (Å²) in [6, 6.07) is 18.5. The van der Waals surface area contributed by atoms with Crippen molar-refractivity contribution >= 4 is 64.1 Å². The van der Waals surface area contributed by atoms with E-state index in [0.29, 0.717) is 41.0 Å². The second-order valence-corrected chi connectivity index (χ2v) is 24.3. The van der Waals surface area contributed by atoms with Crippen molar-refractivity contribution in [3.8, 4) is 16.1 Å². The number of ether oxygens (including phenoxy) is 1. The van der Waals surface area contributed by atoms with Crippen molar-refractivity contribution in [3.05, 3.63) is 135 Å². The van der Waals surface area contributed by atoms with Gasteiger partial charge in [-0.05, 0) is 78.8 Å². The Labute approximate surface area is 480 Å². The predicted octanol–water partition coefficient (Wildman–Crippen LogP) is 6.09. The highest BCUT2D eigenvalue weighted by atomic mass is 35.5. The highest BCUT2D eigenvalue weighted by molar-refractivity contribution is 7.15. The van der Waals surface area contributed by atoms with Crippen molar-refractivity contribution in [2.75, 3.05) is 26.2 Å². The molecule has 3 aliphatic heterocycles. The maximum Gasteiger partial charge on any atom is 0.248 e. The zero-order valence-electron chi connectivity index (χ0n) is 47.1. The Balaban J connectivity index is 1.00. The Morgan fingerprint density at radius 2 is 1.53 bits per heavy atom. The average molecular weight is 1140 g/mol. The number of aryl methyl sites for hydroxylation is 2. The van der Waals surface area contributed by atoms with Crippen molar-refractivity contribution in [1.29, 1.82) is 0 Å². The molecule has 3 aromatic carbocycles. The standard InChI is InChI=1S/C59H70ClN13O7S/c1-32(2)49-56(78)65-45(28-62-47(74)27-43-52-69-67-36(6)73(52)58-48(34(4)35(5)81-58)50(63-43)40-19-21-41(60)22-20-40)53(75)61-23-24-80-31-42-30-72(70-68-42)51(59(7,8)9)57(79)71-29-33(3)25-46(71)55(77)64-44(54(76)66-49)26-37-15-17-39(18-16-37)38-13-11-10-12-14-38/h10-22,30,32-33,43-46,49,51H,23-29,31H2,1-9H3,(H,61,75)(H,62,74)(H,64,77)(H,65,78)(H,66,76)/t33-,43+,44-,45-,46+,49-,51-/m1/s1. The van der Waals surface area contributed by atoms with E-state index in [0.717, 1.165) is 43.3 Å². The molecule has 6 aromatic rings. The van der Waals surface area contributed by atoms with Crippen LogP contribution in [0.5, 0.6) is 0 Å². The number of hydrogen-bond donors (Lipinski definition) is 5. The van der Waals surface area contributed by atoms with Crippen LogP contribution in [0.4, 0.5) is 0 Å². The molecule has 0 spiro atoms. The maximum absolute atomic E-state index is 14.8. The maximum atomic E-state index is 14.8. The highest BCUT2D eigenvalue weighted by Crippen LogP contribution is 2.40. The van der Waals surface area contributed by atoms with E-state index in [1.807, 2.05) is 120 Å². The van der Waals surface area contributed by atoms with Crippen LogP contribution in [-0.2, 0) is 46.5 Å². The van der Waals surface area contributed by atoms with Crippen molar-refractivity contribution in [1.82, 2.24) is 61.2 Å². The summed E-state index contributed by atoms with van der Waals surface area (Å²) in [5.41, 5.74) is 5.83. The minimum Gasteiger partial charge on any atom is -0.373 e. The Bertz CT molecular complexity index is 3330. The molecule has 1 fully saturated rings. The Hall–Kier alpha value is -7.62. The number of rotatable bonds is 9. The fraction of sp³-hybridized carbons (Fsp3) is 0.441. The van der Waals surface area contributed by atoms with Gasteiger partial charge in [0.15, 0.2) is 5.82 Å². The number of thiophene rings is 1. The highest BCUT2D eigenvalue weighted by Gasteiger charge is 2.46. The largest absolute Gasteiger partial charge is 0.373 e. The quantitative estimate of drug-likeness (QED) is 0.111. The van der Waals surface area contributed by atoms with Crippen LogP contribution in [0.3, 0.4) is 0 Å². The molecule has 0 saturated carbocycles. The number of nitrogens with one attached hydrogen (secondary N) is 5. The predicted molar refractivity (Wildman–Crippen MR) is 308 cm³/mol. The normalized spacial score (nSPS) is 22.4. The SMILES string of the molecule is Cc1sc2c(c1C)C(c1ccc(Cl)cc1)=N[C@@H](CC(=O)NC[C@H]1NC(=O)[C@@H](C(C)C)NC(=O)[C@@H](Cc3ccc(-c4ccccc4)cc3)NC(=O)[C@@H]3C[C@@H](C)CN3C(=O)[C@H](C(C)(C)C)n3cc(nn3)COCCNC1=O)c1nnc(C)n1-2. The van der Waals surface area contributed by atoms with Crippen LogP contribution in [-0.4, -0.2) is 126 Å². The van der Waals surface area contributed by atoms with Crippen LogP contribution >= 0.6 is 22.9 Å². The van der Waals surface area contributed by atoms with Crippen LogP contribution < -0.4 is 26.6 Å². The minimum absolute atomic E-state index is 0.00160. The first-order valence-corrected chi connectivity index (χ1v) is 28.6. The molecule has 9 rings (SSSR count). The van der Waals surface area contributed by atoms with Gasteiger partial charge in [0.05, 0.1) is 31.5 Å². The molecule has 0 unspecified atom stereocenters. The number of carbonyl (C=O) groups excluding carboxylic acids is 6. The molecule has 426 valence electrons.